The molecule has 3 nitrogen and oxygen atoms in total. The van der Waals surface area contributed by atoms with Crippen LogP contribution in [0.3, 0.4) is 0 Å². The van der Waals surface area contributed by atoms with Crippen LogP contribution in [0.25, 0.3) is 0 Å². The summed E-state index contributed by atoms with van der Waals surface area (Å²) in [4.78, 5) is 21.1. The molecule has 0 aliphatic heterocycles. The summed E-state index contributed by atoms with van der Waals surface area (Å²) in [6.45, 7) is 2.00. The lowest BCUT2D eigenvalue weighted by atomic mass is 10.3. The maximum Gasteiger partial charge on any atom is 0.240 e. The lowest BCUT2D eigenvalue weighted by Crippen LogP contribution is -1.59. The first-order valence-electron chi connectivity index (χ1n) is 2.85. The van der Waals surface area contributed by atoms with Crippen LogP contribution >= 0.6 is 0 Å². The molecular weight excluding hydrogens is 142 g/mol. The van der Waals surface area contributed by atoms with Crippen LogP contribution in [0.5, 0.6) is 0 Å². The first-order chi connectivity index (χ1) is 5.43. The van der Waals surface area contributed by atoms with Gasteiger partial charge >= 0.3 is 0 Å². The second kappa shape index (κ2) is 6.39. The molecule has 0 unspecified atom stereocenters. The van der Waals surface area contributed by atoms with Crippen molar-refractivity contribution >= 4 is 18.6 Å². The zero-order chi connectivity index (χ0) is 8.53. The summed E-state index contributed by atoms with van der Waals surface area (Å²) in [5, 5.41) is 0. The monoisotopic (exact) mass is 149 g/mol. The third-order valence-electron chi connectivity index (χ3n) is 0.931. The van der Waals surface area contributed by atoms with Gasteiger partial charge in [-0.3, -0.25) is 0 Å². The van der Waals surface area contributed by atoms with Gasteiger partial charge in [-0.1, -0.05) is 18.2 Å². The molecule has 1 rings (SSSR count). The Hall–Kier alpha value is -1.73. The highest BCUT2D eigenvalue weighted by molar-refractivity contribution is 5.47. The van der Waals surface area contributed by atoms with E-state index in [0.29, 0.717) is 5.69 Å². The number of nitrogens with zero attached hydrogens (tertiary/aromatic N) is 1. The van der Waals surface area contributed by atoms with Crippen molar-refractivity contribution in [3.8, 4) is 0 Å². The fourth-order valence-corrected chi connectivity index (χ4v) is 0.555. The smallest absolute Gasteiger partial charge is 0.240 e. The molecule has 0 amide bonds. The van der Waals surface area contributed by atoms with Gasteiger partial charge in [-0.2, -0.15) is 4.99 Å². The van der Waals surface area contributed by atoms with E-state index in [1.807, 2.05) is 25.0 Å². The first kappa shape index (κ1) is 9.27. The zero-order valence-electron chi connectivity index (χ0n) is 5.86. The van der Waals surface area contributed by atoms with Crippen molar-refractivity contribution in [2.24, 2.45) is 4.99 Å². The van der Waals surface area contributed by atoms with Crippen LogP contribution in [0.2, 0.25) is 0 Å². The standard InChI is InChI=1S/C7H5NO.CH2O/c9-6-8-7-4-2-1-3-5-7;1-2/h1-5H;1H2. The van der Waals surface area contributed by atoms with E-state index in [2.05, 4.69) is 4.99 Å². The van der Waals surface area contributed by atoms with E-state index >= 15 is 0 Å². The van der Waals surface area contributed by atoms with E-state index in [0.717, 1.165) is 0 Å². The van der Waals surface area contributed by atoms with Gasteiger partial charge in [-0.25, -0.2) is 4.79 Å². The molecule has 1 aromatic carbocycles. The summed E-state index contributed by atoms with van der Waals surface area (Å²) in [7, 11) is 0. The summed E-state index contributed by atoms with van der Waals surface area (Å²) in [5.41, 5.74) is 0.646. The Morgan fingerprint density at radius 1 is 1.18 bits per heavy atom. The molecule has 0 bridgehead atoms. The molecule has 0 aromatic heterocycles. The Morgan fingerprint density at radius 2 is 1.73 bits per heavy atom. The summed E-state index contributed by atoms with van der Waals surface area (Å²) in [6.07, 6.45) is 1.46. The highest BCUT2D eigenvalue weighted by Gasteiger charge is 1.79. The van der Waals surface area contributed by atoms with Gasteiger partial charge in [0, 0.05) is 0 Å². The molecule has 1 aromatic rings. The number of isocyanates is 1. The quantitative estimate of drug-likeness (QED) is 0.448. The Labute approximate surface area is 64.4 Å². The van der Waals surface area contributed by atoms with E-state index in [1.54, 1.807) is 12.1 Å². The SMILES string of the molecule is C=O.O=C=Nc1ccccc1. The van der Waals surface area contributed by atoms with E-state index in [4.69, 9.17) is 4.79 Å². The van der Waals surface area contributed by atoms with Crippen molar-refractivity contribution in [2.45, 2.75) is 0 Å². The summed E-state index contributed by atoms with van der Waals surface area (Å²) in [6, 6.07) is 8.98. The third-order valence-corrected chi connectivity index (χ3v) is 0.931. The van der Waals surface area contributed by atoms with Crippen LogP contribution in [-0.4, -0.2) is 12.9 Å². The van der Waals surface area contributed by atoms with Crippen LogP contribution in [0.1, 0.15) is 0 Å². The van der Waals surface area contributed by atoms with E-state index in [-0.39, 0.29) is 0 Å². The van der Waals surface area contributed by atoms with E-state index in [9.17, 15) is 4.79 Å². The van der Waals surface area contributed by atoms with E-state index in [1.165, 1.54) is 6.08 Å². The molecule has 0 N–H and O–H groups in total. The minimum absolute atomic E-state index is 0.646. The molecule has 56 valence electrons. The fourth-order valence-electron chi connectivity index (χ4n) is 0.555. The molecule has 0 spiro atoms. The maximum absolute atomic E-state index is 9.68. The van der Waals surface area contributed by atoms with Gasteiger partial charge in [-0.15, -0.1) is 0 Å². The van der Waals surface area contributed by atoms with Gasteiger partial charge in [0.25, 0.3) is 0 Å². The summed E-state index contributed by atoms with van der Waals surface area (Å²) in [5.74, 6) is 0. The number of benzene rings is 1. The van der Waals surface area contributed by atoms with Gasteiger partial charge < -0.3 is 4.79 Å². The van der Waals surface area contributed by atoms with Crippen molar-refractivity contribution < 1.29 is 9.59 Å². The molecule has 0 atom stereocenters. The van der Waals surface area contributed by atoms with Gasteiger partial charge in [0.15, 0.2) is 0 Å². The summed E-state index contributed by atoms with van der Waals surface area (Å²) >= 11 is 0. The first-order valence-corrected chi connectivity index (χ1v) is 2.85. The summed E-state index contributed by atoms with van der Waals surface area (Å²) < 4.78 is 0. The lowest BCUT2D eigenvalue weighted by molar-refractivity contribution is -0.0979. The zero-order valence-corrected chi connectivity index (χ0v) is 5.86. The van der Waals surface area contributed by atoms with Crippen LogP contribution in [-0.2, 0) is 9.59 Å². The molecule has 0 saturated heterocycles. The number of carbonyl (C=O) groups excluding carboxylic acids is 2. The maximum atomic E-state index is 9.68. The largest absolute Gasteiger partial charge is 0.307 e. The second-order valence-corrected chi connectivity index (χ2v) is 1.54. The molecule has 0 heterocycles. The third kappa shape index (κ3) is 3.78. The van der Waals surface area contributed by atoms with Crippen LogP contribution in [0.4, 0.5) is 5.69 Å². The average molecular weight is 149 g/mol. The van der Waals surface area contributed by atoms with Crippen molar-refractivity contribution in [3.63, 3.8) is 0 Å². The lowest BCUT2D eigenvalue weighted by Gasteiger charge is -1.83. The van der Waals surface area contributed by atoms with Gasteiger partial charge in [-0.05, 0) is 12.1 Å². The van der Waals surface area contributed by atoms with Crippen LogP contribution < -0.4 is 0 Å². The predicted molar refractivity (Wildman–Crippen MR) is 41.3 cm³/mol. The minimum atomic E-state index is 0.646. The van der Waals surface area contributed by atoms with Crippen LogP contribution in [0, 0.1) is 0 Å². The number of hydrogen-bond donors (Lipinski definition) is 0. The number of carbonyl (C=O) groups is 1. The van der Waals surface area contributed by atoms with E-state index < -0.39 is 0 Å². The van der Waals surface area contributed by atoms with Crippen molar-refractivity contribution in [1.29, 1.82) is 0 Å². The normalized spacial score (nSPS) is 6.91. The molecule has 0 aliphatic carbocycles. The topological polar surface area (TPSA) is 46.5 Å². The fraction of sp³-hybridized carbons (Fsp3) is 0. The average Bonchev–Trinajstić information content (AvgIpc) is 2.11. The van der Waals surface area contributed by atoms with Crippen molar-refractivity contribution in [2.75, 3.05) is 0 Å². The number of rotatable bonds is 1. The van der Waals surface area contributed by atoms with Crippen LogP contribution in [0.15, 0.2) is 35.3 Å². The highest BCUT2D eigenvalue weighted by Crippen LogP contribution is 2.06. The van der Waals surface area contributed by atoms with Gasteiger partial charge in [0.1, 0.15) is 6.79 Å². The molecule has 0 aliphatic rings. The number of para-hydroxylation sites is 1. The Bertz CT molecular complexity index is 240. The molecule has 0 fully saturated rings. The second-order valence-electron chi connectivity index (χ2n) is 1.54. The van der Waals surface area contributed by atoms with Crippen molar-refractivity contribution in [1.82, 2.24) is 0 Å². The van der Waals surface area contributed by atoms with Crippen molar-refractivity contribution in [3.05, 3.63) is 30.3 Å². The molecular formula is C8H7NO2. The minimum Gasteiger partial charge on any atom is -0.307 e. The highest BCUT2D eigenvalue weighted by atomic mass is 16.1. The molecule has 0 saturated carbocycles. The number of hydrogen-bond acceptors (Lipinski definition) is 3. The molecule has 3 heteroatoms. The number of aliphatic imine (C=N–C) groups is 1. The predicted octanol–water partition coefficient (Wildman–Crippen LogP) is 1.47. The van der Waals surface area contributed by atoms with Gasteiger partial charge in [0.05, 0.1) is 5.69 Å². The Kier molecular flexibility index (Phi) is 5.39. The molecule has 11 heavy (non-hydrogen) atoms. The van der Waals surface area contributed by atoms with Gasteiger partial charge in [0.2, 0.25) is 6.08 Å². The molecule has 0 radical (unpaired) electrons. The Morgan fingerprint density at radius 3 is 2.18 bits per heavy atom. The Balaban J connectivity index is 0.000000461.